The summed E-state index contributed by atoms with van der Waals surface area (Å²) in [5.41, 5.74) is 0.495. The van der Waals surface area contributed by atoms with Gasteiger partial charge in [0.2, 0.25) is 0 Å². The van der Waals surface area contributed by atoms with Crippen LogP contribution >= 0.6 is 0 Å². The van der Waals surface area contributed by atoms with Crippen molar-refractivity contribution < 1.29 is 23.8 Å². The zero-order chi connectivity index (χ0) is 15.7. The van der Waals surface area contributed by atoms with E-state index >= 15 is 0 Å². The van der Waals surface area contributed by atoms with Crippen molar-refractivity contribution in [2.24, 2.45) is 5.92 Å². The summed E-state index contributed by atoms with van der Waals surface area (Å²) in [5.74, 6) is -2.03. The maximum absolute atomic E-state index is 11.7. The van der Waals surface area contributed by atoms with Crippen LogP contribution in [-0.4, -0.2) is 31.8 Å². The number of benzene rings is 1. The zero-order valence-corrected chi connectivity index (χ0v) is 12.0. The summed E-state index contributed by atoms with van der Waals surface area (Å²) in [6, 6.07) is 8.33. The number of carbonyl (C=O) groups is 2. The number of nitriles is 1. The van der Waals surface area contributed by atoms with Crippen LogP contribution in [0.4, 0.5) is 0 Å². The van der Waals surface area contributed by atoms with Gasteiger partial charge in [0, 0.05) is 0 Å². The standard InChI is InChI=1S/C15H17NO5/c1-3-19-14(17)13(15(18)20-4-2)10-21-12-7-5-11(9-16)6-8-12/h5-8,13H,3-4,10H2,1-2H3. The molecule has 0 fully saturated rings. The molecule has 6 nitrogen and oxygen atoms in total. The van der Waals surface area contributed by atoms with E-state index in [1.54, 1.807) is 38.1 Å². The molecule has 0 saturated heterocycles. The zero-order valence-electron chi connectivity index (χ0n) is 12.0. The summed E-state index contributed by atoms with van der Waals surface area (Å²) in [5, 5.41) is 8.70. The Morgan fingerprint density at radius 3 is 2.05 bits per heavy atom. The van der Waals surface area contributed by atoms with Crippen LogP contribution in [0, 0.1) is 17.2 Å². The summed E-state index contributed by atoms with van der Waals surface area (Å²) in [7, 11) is 0. The van der Waals surface area contributed by atoms with Crippen LogP contribution in [0.5, 0.6) is 5.75 Å². The molecule has 0 atom stereocenters. The number of esters is 2. The normalized spacial score (nSPS) is 9.81. The fraction of sp³-hybridized carbons (Fsp3) is 0.400. The van der Waals surface area contributed by atoms with Crippen molar-refractivity contribution in [3.8, 4) is 11.8 Å². The molecule has 21 heavy (non-hydrogen) atoms. The molecule has 0 saturated carbocycles. The highest BCUT2D eigenvalue weighted by Gasteiger charge is 2.30. The molecule has 6 heteroatoms. The molecule has 0 aliphatic heterocycles. The number of hydrogen-bond donors (Lipinski definition) is 0. The molecule has 1 rings (SSSR count). The Hall–Kier alpha value is -2.55. The minimum Gasteiger partial charge on any atom is -0.492 e. The number of rotatable bonds is 7. The Labute approximate surface area is 123 Å². The second-order valence-corrected chi connectivity index (χ2v) is 4.00. The fourth-order valence-corrected chi connectivity index (χ4v) is 1.52. The average Bonchev–Trinajstić information content (AvgIpc) is 2.48. The number of ether oxygens (including phenoxy) is 3. The smallest absolute Gasteiger partial charge is 0.323 e. The first-order valence-corrected chi connectivity index (χ1v) is 6.58. The molecule has 0 aromatic heterocycles. The second kappa shape index (κ2) is 8.59. The van der Waals surface area contributed by atoms with Crippen molar-refractivity contribution in [1.29, 1.82) is 5.26 Å². The summed E-state index contributed by atoms with van der Waals surface area (Å²) in [6.45, 7) is 3.48. The Morgan fingerprint density at radius 2 is 1.62 bits per heavy atom. The maximum atomic E-state index is 11.7. The van der Waals surface area contributed by atoms with Crippen LogP contribution in [0.3, 0.4) is 0 Å². The SMILES string of the molecule is CCOC(=O)C(COc1ccc(C#N)cc1)C(=O)OCC. The van der Waals surface area contributed by atoms with E-state index in [1.807, 2.05) is 6.07 Å². The predicted molar refractivity (Wildman–Crippen MR) is 73.4 cm³/mol. The lowest BCUT2D eigenvalue weighted by atomic mass is 10.1. The van der Waals surface area contributed by atoms with E-state index in [2.05, 4.69) is 0 Å². The fourth-order valence-electron chi connectivity index (χ4n) is 1.52. The van der Waals surface area contributed by atoms with Crippen molar-refractivity contribution in [3.05, 3.63) is 29.8 Å². The van der Waals surface area contributed by atoms with Crippen LogP contribution in [0.2, 0.25) is 0 Å². The third kappa shape index (κ3) is 5.15. The van der Waals surface area contributed by atoms with Gasteiger partial charge in [0.15, 0.2) is 5.92 Å². The molecule has 0 heterocycles. The first kappa shape index (κ1) is 16.5. The molecule has 0 aliphatic carbocycles. The Balaban J connectivity index is 2.69. The van der Waals surface area contributed by atoms with Crippen LogP contribution < -0.4 is 4.74 Å². The van der Waals surface area contributed by atoms with Gasteiger partial charge in [0.05, 0.1) is 24.8 Å². The molecular weight excluding hydrogens is 274 g/mol. The third-order valence-electron chi connectivity index (χ3n) is 2.54. The highest BCUT2D eigenvalue weighted by Crippen LogP contribution is 2.14. The quantitative estimate of drug-likeness (QED) is 0.561. The van der Waals surface area contributed by atoms with Gasteiger partial charge < -0.3 is 14.2 Å². The van der Waals surface area contributed by atoms with Crippen LogP contribution in [0.15, 0.2) is 24.3 Å². The van der Waals surface area contributed by atoms with Gasteiger partial charge in [0.1, 0.15) is 12.4 Å². The first-order valence-electron chi connectivity index (χ1n) is 6.58. The minimum absolute atomic E-state index is 0.172. The van der Waals surface area contributed by atoms with E-state index in [1.165, 1.54) is 0 Å². The van der Waals surface area contributed by atoms with Gasteiger partial charge in [-0.2, -0.15) is 5.26 Å². The van der Waals surface area contributed by atoms with Crippen molar-refractivity contribution in [1.82, 2.24) is 0 Å². The lowest BCUT2D eigenvalue weighted by Crippen LogP contribution is -2.33. The minimum atomic E-state index is -1.12. The number of hydrogen-bond acceptors (Lipinski definition) is 6. The van der Waals surface area contributed by atoms with Crippen LogP contribution in [0.25, 0.3) is 0 Å². The molecule has 0 radical (unpaired) electrons. The van der Waals surface area contributed by atoms with E-state index in [0.29, 0.717) is 11.3 Å². The Morgan fingerprint density at radius 1 is 1.10 bits per heavy atom. The van der Waals surface area contributed by atoms with E-state index in [-0.39, 0.29) is 19.8 Å². The lowest BCUT2D eigenvalue weighted by Gasteiger charge is -2.15. The monoisotopic (exact) mass is 291 g/mol. The molecule has 0 unspecified atom stereocenters. The number of carbonyl (C=O) groups excluding carboxylic acids is 2. The molecule has 0 aliphatic rings. The largest absolute Gasteiger partial charge is 0.492 e. The summed E-state index contributed by atoms with van der Waals surface area (Å²) in [4.78, 5) is 23.5. The average molecular weight is 291 g/mol. The summed E-state index contributed by atoms with van der Waals surface area (Å²) < 4.78 is 15.1. The van der Waals surface area contributed by atoms with E-state index in [4.69, 9.17) is 19.5 Å². The molecule has 0 spiro atoms. The van der Waals surface area contributed by atoms with Gasteiger partial charge in [-0.25, -0.2) is 0 Å². The highest BCUT2D eigenvalue weighted by molar-refractivity contribution is 5.95. The van der Waals surface area contributed by atoms with Gasteiger partial charge in [0.25, 0.3) is 0 Å². The molecule has 0 N–H and O–H groups in total. The summed E-state index contributed by atoms with van der Waals surface area (Å²) >= 11 is 0. The molecule has 0 amide bonds. The van der Waals surface area contributed by atoms with Crippen molar-refractivity contribution >= 4 is 11.9 Å². The second-order valence-electron chi connectivity index (χ2n) is 4.00. The van der Waals surface area contributed by atoms with Crippen molar-refractivity contribution in [2.75, 3.05) is 19.8 Å². The van der Waals surface area contributed by atoms with E-state index in [9.17, 15) is 9.59 Å². The van der Waals surface area contributed by atoms with Gasteiger partial charge in [-0.1, -0.05) is 0 Å². The van der Waals surface area contributed by atoms with Crippen LogP contribution in [0.1, 0.15) is 19.4 Å². The molecular formula is C15H17NO5. The first-order chi connectivity index (χ1) is 10.1. The predicted octanol–water partition coefficient (Wildman–Crippen LogP) is 1.68. The highest BCUT2D eigenvalue weighted by atomic mass is 16.6. The van der Waals surface area contributed by atoms with Gasteiger partial charge in [-0.05, 0) is 38.1 Å². The lowest BCUT2D eigenvalue weighted by molar-refractivity contribution is -0.162. The van der Waals surface area contributed by atoms with Crippen molar-refractivity contribution in [3.63, 3.8) is 0 Å². The van der Waals surface area contributed by atoms with Gasteiger partial charge in [-0.3, -0.25) is 9.59 Å². The third-order valence-corrected chi connectivity index (χ3v) is 2.54. The van der Waals surface area contributed by atoms with Crippen LogP contribution in [-0.2, 0) is 19.1 Å². The van der Waals surface area contributed by atoms with E-state index in [0.717, 1.165) is 0 Å². The Bertz CT molecular complexity index is 500. The number of nitrogens with zero attached hydrogens (tertiary/aromatic N) is 1. The van der Waals surface area contributed by atoms with E-state index < -0.39 is 17.9 Å². The summed E-state index contributed by atoms with van der Waals surface area (Å²) in [6.07, 6.45) is 0. The van der Waals surface area contributed by atoms with Gasteiger partial charge >= 0.3 is 11.9 Å². The molecule has 1 aromatic carbocycles. The molecule has 112 valence electrons. The van der Waals surface area contributed by atoms with Crippen molar-refractivity contribution in [2.45, 2.75) is 13.8 Å². The Kier molecular flexibility index (Phi) is 6.75. The maximum Gasteiger partial charge on any atom is 0.323 e. The van der Waals surface area contributed by atoms with Gasteiger partial charge in [-0.15, -0.1) is 0 Å². The molecule has 1 aromatic rings. The molecule has 0 bridgehead atoms. The topological polar surface area (TPSA) is 85.6 Å².